The minimum Gasteiger partial charge on any atom is -0.367 e. The summed E-state index contributed by atoms with van der Waals surface area (Å²) in [6, 6.07) is 19.9. The van der Waals surface area contributed by atoms with Gasteiger partial charge in [-0.2, -0.15) is 0 Å². The Labute approximate surface area is 132 Å². The maximum absolute atomic E-state index is 7.36. The molecule has 0 radical (unpaired) electrons. The zero-order chi connectivity index (χ0) is 16.0. The van der Waals surface area contributed by atoms with Gasteiger partial charge in [0.2, 0.25) is 0 Å². The Morgan fingerprint density at radius 1 is 1.00 bits per heavy atom. The summed E-state index contributed by atoms with van der Waals surface area (Å²) in [7, 11) is 1.58. The smallest absolute Gasteiger partial charge is 0.108 e. The molecule has 0 aliphatic carbocycles. The highest BCUT2D eigenvalue weighted by Crippen LogP contribution is 2.25. The van der Waals surface area contributed by atoms with Crippen molar-refractivity contribution < 1.29 is 8.85 Å². The Hall–Kier alpha value is -1.35. The van der Waals surface area contributed by atoms with Gasteiger partial charge in [-0.05, 0) is 25.2 Å². The van der Waals surface area contributed by atoms with Crippen LogP contribution in [-0.2, 0) is 4.74 Å². The summed E-state index contributed by atoms with van der Waals surface area (Å²) in [5, 5.41) is 0. The zero-order valence-corrected chi connectivity index (χ0v) is 12.3. The van der Waals surface area contributed by atoms with E-state index in [-0.39, 0.29) is 18.5 Å². The molecule has 0 bridgehead atoms. The minimum absolute atomic E-state index is 0. The van der Waals surface area contributed by atoms with Crippen LogP contribution in [-0.4, -0.2) is 32.1 Å². The molecular weight excluding hydrogens is 270 g/mol. The van der Waals surface area contributed by atoms with Crippen LogP contribution in [0.4, 0.5) is 0 Å². The van der Waals surface area contributed by atoms with Gasteiger partial charge in [0.15, 0.2) is 0 Å². The van der Waals surface area contributed by atoms with Gasteiger partial charge in [-0.1, -0.05) is 60.7 Å². The predicted molar refractivity (Wildman–Crippen MR) is 86.5 cm³/mol. The molecular formula is C17H22ClNO. The molecule has 20 heavy (non-hydrogen) atoms. The standard InChI is InChI=1S/C17H21NO.ClH/c1-18(2)13-14-19-17(15-9-5-3-6-10-15)16-11-7-4-8-12-16;/h3-12,17H,13-14H2,1-2H3;1H/i1D3;. The summed E-state index contributed by atoms with van der Waals surface area (Å²) in [4.78, 5) is 1.32. The molecule has 2 aromatic carbocycles. The van der Waals surface area contributed by atoms with Gasteiger partial charge in [-0.3, -0.25) is 0 Å². The second kappa shape index (κ2) is 8.75. The van der Waals surface area contributed by atoms with Gasteiger partial charge >= 0.3 is 0 Å². The fourth-order valence-electron chi connectivity index (χ4n) is 1.95. The topological polar surface area (TPSA) is 12.5 Å². The van der Waals surface area contributed by atoms with Gasteiger partial charge in [0, 0.05) is 10.7 Å². The molecule has 0 heterocycles. The Kier molecular flexibility index (Phi) is 5.42. The SMILES string of the molecule is Cl.[2H]C([2H])([2H])N(C)CCOC(c1ccccc1)c1ccccc1. The summed E-state index contributed by atoms with van der Waals surface area (Å²) >= 11 is 0. The lowest BCUT2D eigenvalue weighted by molar-refractivity contribution is 0.0687. The van der Waals surface area contributed by atoms with Crippen LogP contribution in [0.3, 0.4) is 0 Å². The summed E-state index contributed by atoms with van der Waals surface area (Å²) in [6.45, 7) is -1.38. The first-order chi connectivity index (χ1) is 10.5. The number of ether oxygens (including phenoxy) is 1. The summed E-state index contributed by atoms with van der Waals surface area (Å²) in [5.74, 6) is 0. The number of likely N-dealkylation sites (N-methyl/N-ethyl adjacent to an activating group) is 1. The Morgan fingerprint density at radius 2 is 1.50 bits per heavy atom. The number of nitrogens with zero attached hydrogens (tertiary/aromatic N) is 1. The lowest BCUT2D eigenvalue weighted by Crippen LogP contribution is -2.20. The molecule has 0 fully saturated rings. The van der Waals surface area contributed by atoms with Crippen LogP contribution in [0.1, 0.15) is 21.3 Å². The van der Waals surface area contributed by atoms with Crippen molar-refractivity contribution in [3.8, 4) is 0 Å². The van der Waals surface area contributed by atoms with Crippen molar-refractivity contribution in [2.24, 2.45) is 0 Å². The molecule has 3 heteroatoms. The highest BCUT2D eigenvalue weighted by atomic mass is 35.5. The van der Waals surface area contributed by atoms with Crippen LogP contribution >= 0.6 is 12.4 Å². The second-order valence-corrected chi connectivity index (χ2v) is 4.49. The van der Waals surface area contributed by atoms with E-state index in [1.54, 1.807) is 7.05 Å². The molecule has 0 spiro atoms. The van der Waals surface area contributed by atoms with E-state index in [1.807, 2.05) is 60.7 Å². The van der Waals surface area contributed by atoms with E-state index in [4.69, 9.17) is 8.85 Å². The average molecular weight is 295 g/mol. The molecule has 0 saturated heterocycles. The molecule has 0 amide bonds. The Bertz CT molecular complexity index is 524. The second-order valence-electron chi connectivity index (χ2n) is 4.49. The predicted octanol–water partition coefficient (Wildman–Crippen LogP) is 3.78. The van der Waals surface area contributed by atoms with Gasteiger partial charge in [-0.25, -0.2) is 0 Å². The average Bonchev–Trinajstić information content (AvgIpc) is 2.52. The minimum atomic E-state index is -2.08. The molecule has 0 aromatic heterocycles. The van der Waals surface area contributed by atoms with E-state index in [9.17, 15) is 0 Å². The van der Waals surface area contributed by atoms with Crippen LogP contribution in [0, 0.1) is 0 Å². The van der Waals surface area contributed by atoms with Crippen molar-refractivity contribution in [1.29, 1.82) is 0 Å². The number of rotatable bonds is 6. The largest absolute Gasteiger partial charge is 0.367 e. The van der Waals surface area contributed by atoms with E-state index < -0.39 is 6.98 Å². The number of hydrogen-bond donors (Lipinski definition) is 0. The highest BCUT2D eigenvalue weighted by molar-refractivity contribution is 5.85. The molecule has 2 rings (SSSR count). The number of benzene rings is 2. The fourth-order valence-corrected chi connectivity index (χ4v) is 1.95. The van der Waals surface area contributed by atoms with Crippen molar-refractivity contribution in [2.45, 2.75) is 6.10 Å². The third-order valence-electron chi connectivity index (χ3n) is 2.92. The van der Waals surface area contributed by atoms with Crippen LogP contribution < -0.4 is 0 Å². The third-order valence-corrected chi connectivity index (χ3v) is 2.92. The summed E-state index contributed by atoms with van der Waals surface area (Å²) < 4.78 is 28.1. The summed E-state index contributed by atoms with van der Waals surface area (Å²) in [5.41, 5.74) is 2.12. The van der Waals surface area contributed by atoms with Gasteiger partial charge in [0.1, 0.15) is 6.10 Å². The van der Waals surface area contributed by atoms with E-state index >= 15 is 0 Å². The van der Waals surface area contributed by atoms with Crippen molar-refractivity contribution >= 4 is 12.4 Å². The molecule has 108 valence electrons. The Morgan fingerprint density at radius 3 is 1.95 bits per heavy atom. The van der Waals surface area contributed by atoms with Crippen LogP contribution in [0.5, 0.6) is 0 Å². The van der Waals surface area contributed by atoms with E-state index in [2.05, 4.69) is 0 Å². The lowest BCUT2D eigenvalue weighted by Gasteiger charge is -2.20. The normalized spacial score (nSPS) is 13.4. The number of hydrogen-bond acceptors (Lipinski definition) is 2. The Balaban J connectivity index is 0.00000264. The van der Waals surface area contributed by atoms with Crippen molar-refractivity contribution in [3.05, 3.63) is 71.8 Å². The maximum atomic E-state index is 7.36. The molecule has 2 nitrogen and oxygen atoms in total. The molecule has 0 saturated carbocycles. The molecule has 2 aromatic rings. The summed E-state index contributed by atoms with van der Waals surface area (Å²) in [6.07, 6.45) is -0.188. The van der Waals surface area contributed by atoms with Gasteiger partial charge in [0.25, 0.3) is 0 Å². The molecule has 0 unspecified atom stereocenters. The fraction of sp³-hybridized carbons (Fsp3) is 0.294. The van der Waals surface area contributed by atoms with Crippen LogP contribution in [0.2, 0.25) is 0 Å². The van der Waals surface area contributed by atoms with Crippen molar-refractivity contribution in [3.63, 3.8) is 0 Å². The van der Waals surface area contributed by atoms with Crippen LogP contribution in [0.15, 0.2) is 60.7 Å². The van der Waals surface area contributed by atoms with Crippen LogP contribution in [0.25, 0.3) is 0 Å². The molecule has 0 aliphatic rings. The van der Waals surface area contributed by atoms with Gasteiger partial charge in [0.05, 0.1) is 6.61 Å². The van der Waals surface area contributed by atoms with E-state index in [1.165, 1.54) is 4.90 Å². The van der Waals surface area contributed by atoms with Crippen molar-refractivity contribution in [2.75, 3.05) is 27.2 Å². The monoisotopic (exact) mass is 294 g/mol. The highest BCUT2D eigenvalue weighted by Gasteiger charge is 2.13. The molecule has 0 aliphatic heterocycles. The van der Waals surface area contributed by atoms with E-state index in [0.717, 1.165) is 11.1 Å². The first-order valence-corrected chi connectivity index (χ1v) is 6.41. The van der Waals surface area contributed by atoms with Gasteiger partial charge in [-0.15, -0.1) is 12.4 Å². The van der Waals surface area contributed by atoms with Crippen molar-refractivity contribution in [1.82, 2.24) is 4.90 Å². The molecule has 0 N–H and O–H groups in total. The first kappa shape index (κ1) is 12.4. The maximum Gasteiger partial charge on any atom is 0.108 e. The third kappa shape index (κ3) is 4.97. The molecule has 0 atom stereocenters. The first-order valence-electron chi connectivity index (χ1n) is 7.91. The zero-order valence-electron chi connectivity index (χ0n) is 14.5. The van der Waals surface area contributed by atoms with Gasteiger partial charge < -0.3 is 9.64 Å². The number of halogens is 1. The quantitative estimate of drug-likeness (QED) is 0.804. The lowest BCUT2D eigenvalue weighted by atomic mass is 10.0. The van der Waals surface area contributed by atoms with E-state index in [0.29, 0.717) is 13.2 Å².